The lowest BCUT2D eigenvalue weighted by atomic mass is 9.81. The second-order valence-corrected chi connectivity index (χ2v) is 5.92. The fourth-order valence-corrected chi connectivity index (χ4v) is 3.10. The summed E-state index contributed by atoms with van der Waals surface area (Å²) in [5.41, 5.74) is 0.213. The molecule has 0 aliphatic carbocycles. The molecule has 0 saturated carbocycles. The zero-order valence-corrected chi connectivity index (χ0v) is 13.3. The van der Waals surface area contributed by atoms with Gasteiger partial charge in [0.2, 0.25) is 0 Å². The van der Waals surface area contributed by atoms with Gasteiger partial charge >= 0.3 is 0 Å². The molecule has 17 heavy (non-hydrogen) atoms. The first-order valence-corrected chi connectivity index (χ1v) is 8.43. The van der Waals surface area contributed by atoms with Crippen LogP contribution in [0.4, 0.5) is 0 Å². The van der Waals surface area contributed by atoms with Crippen LogP contribution >= 0.6 is 23.2 Å². The normalized spacial score (nSPS) is 12.0. The van der Waals surface area contributed by atoms with Gasteiger partial charge in [-0.15, -0.1) is 23.2 Å². The van der Waals surface area contributed by atoms with E-state index in [0.29, 0.717) is 0 Å². The molecule has 0 amide bonds. The molecule has 0 atom stereocenters. The first kappa shape index (κ1) is 17.6. The number of unbranched alkanes of at least 4 members (excludes halogenated alkanes) is 6. The molecule has 0 rings (SSSR count). The summed E-state index contributed by atoms with van der Waals surface area (Å²) in [5.74, 6) is 1.46. The van der Waals surface area contributed by atoms with Crippen LogP contribution in [0.3, 0.4) is 0 Å². The maximum Gasteiger partial charge on any atom is 0.0291 e. The van der Waals surface area contributed by atoms with Gasteiger partial charge in [-0.25, -0.2) is 0 Å². The highest BCUT2D eigenvalue weighted by Gasteiger charge is 2.27. The van der Waals surface area contributed by atoms with Gasteiger partial charge in [-0.05, 0) is 18.3 Å². The average molecular weight is 281 g/mol. The molecule has 104 valence electrons. The Morgan fingerprint density at radius 3 is 1.35 bits per heavy atom. The Hall–Kier alpha value is 0.580. The number of halogens is 2. The first-order valence-electron chi connectivity index (χ1n) is 7.36. The van der Waals surface area contributed by atoms with E-state index in [1.54, 1.807) is 0 Å². The molecular weight excluding hydrogens is 251 g/mol. The predicted molar refractivity (Wildman–Crippen MR) is 81.4 cm³/mol. The van der Waals surface area contributed by atoms with E-state index >= 15 is 0 Å². The molecule has 2 heteroatoms. The van der Waals surface area contributed by atoms with Gasteiger partial charge in [-0.3, -0.25) is 0 Å². The summed E-state index contributed by atoms with van der Waals surface area (Å²) in [6, 6.07) is 0. The van der Waals surface area contributed by atoms with Crippen LogP contribution in [0, 0.1) is 5.41 Å². The average Bonchev–Trinajstić information content (AvgIpc) is 2.37. The number of hydrogen-bond acceptors (Lipinski definition) is 0. The summed E-state index contributed by atoms with van der Waals surface area (Å²) in [6.45, 7) is 4.50. The summed E-state index contributed by atoms with van der Waals surface area (Å²) in [5, 5.41) is 0. The number of rotatable bonds is 12. The van der Waals surface area contributed by atoms with E-state index in [1.165, 1.54) is 64.2 Å². The minimum atomic E-state index is 0.213. The van der Waals surface area contributed by atoms with E-state index < -0.39 is 0 Å². The minimum Gasteiger partial charge on any atom is -0.126 e. The summed E-state index contributed by atoms with van der Waals surface area (Å²) in [4.78, 5) is 0. The van der Waals surface area contributed by atoms with E-state index in [4.69, 9.17) is 23.2 Å². The Balaban J connectivity index is 3.88. The van der Waals surface area contributed by atoms with Crippen molar-refractivity contribution in [3.8, 4) is 0 Å². The molecule has 0 aromatic carbocycles. The molecule has 0 bridgehead atoms. The Labute approximate surface area is 118 Å². The SMILES string of the molecule is CCCCCCC(CCl)(CCl)CCCCCC. The van der Waals surface area contributed by atoms with E-state index in [2.05, 4.69) is 13.8 Å². The monoisotopic (exact) mass is 280 g/mol. The van der Waals surface area contributed by atoms with E-state index in [1.807, 2.05) is 0 Å². The van der Waals surface area contributed by atoms with Gasteiger partial charge in [0, 0.05) is 11.8 Å². The highest BCUT2D eigenvalue weighted by Crippen LogP contribution is 2.34. The van der Waals surface area contributed by atoms with E-state index in [9.17, 15) is 0 Å². The summed E-state index contributed by atoms with van der Waals surface area (Å²) in [6.07, 6.45) is 13.0. The van der Waals surface area contributed by atoms with Crippen molar-refractivity contribution in [3.63, 3.8) is 0 Å². The highest BCUT2D eigenvalue weighted by molar-refractivity contribution is 6.21. The summed E-state index contributed by atoms with van der Waals surface area (Å²) < 4.78 is 0. The third kappa shape index (κ3) is 8.32. The third-order valence-electron chi connectivity index (χ3n) is 3.69. The zero-order chi connectivity index (χ0) is 13.0. The van der Waals surface area contributed by atoms with Crippen molar-refractivity contribution >= 4 is 23.2 Å². The molecule has 0 nitrogen and oxygen atoms in total. The van der Waals surface area contributed by atoms with Crippen molar-refractivity contribution in [2.24, 2.45) is 5.41 Å². The maximum atomic E-state index is 6.17. The fourth-order valence-electron chi connectivity index (χ4n) is 2.28. The molecule has 0 fully saturated rings. The van der Waals surface area contributed by atoms with Gasteiger partial charge in [-0.2, -0.15) is 0 Å². The zero-order valence-electron chi connectivity index (χ0n) is 11.7. The van der Waals surface area contributed by atoms with Crippen LogP contribution in [0.1, 0.15) is 78.1 Å². The third-order valence-corrected chi connectivity index (χ3v) is 4.82. The Kier molecular flexibility index (Phi) is 12.1. The van der Waals surface area contributed by atoms with Crippen LogP contribution < -0.4 is 0 Å². The van der Waals surface area contributed by atoms with Crippen molar-refractivity contribution in [2.45, 2.75) is 78.1 Å². The van der Waals surface area contributed by atoms with Crippen LogP contribution in [-0.2, 0) is 0 Å². The molecule has 0 N–H and O–H groups in total. The molecule has 0 unspecified atom stereocenters. The van der Waals surface area contributed by atoms with Crippen LogP contribution in [0.15, 0.2) is 0 Å². The smallest absolute Gasteiger partial charge is 0.0291 e. The lowest BCUT2D eigenvalue weighted by molar-refractivity contribution is 0.293. The summed E-state index contributed by atoms with van der Waals surface area (Å²) >= 11 is 12.3. The standard InChI is InChI=1S/C15H30Cl2/c1-3-5-7-9-11-15(13-16,14-17)12-10-8-6-4-2/h3-14H2,1-2H3. The van der Waals surface area contributed by atoms with Crippen molar-refractivity contribution in [1.82, 2.24) is 0 Å². The molecular formula is C15H30Cl2. The minimum absolute atomic E-state index is 0.213. The van der Waals surface area contributed by atoms with Crippen molar-refractivity contribution in [3.05, 3.63) is 0 Å². The number of alkyl halides is 2. The van der Waals surface area contributed by atoms with Crippen molar-refractivity contribution in [1.29, 1.82) is 0 Å². The van der Waals surface area contributed by atoms with Gasteiger partial charge < -0.3 is 0 Å². The van der Waals surface area contributed by atoms with Gasteiger partial charge in [-0.1, -0.05) is 65.2 Å². The molecule has 0 aromatic rings. The van der Waals surface area contributed by atoms with E-state index in [0.717, 1.165) is 11.8 Å². The van der Waals surface area contributed by atoms with Crippen molar-refractivity contribution in [2.75, 3.05) is 11.8 Å². The van der Waals surface area contributed by atoms with Gasteiger partial charge in [0.25, 0.3) is 0 Å². The first-order chi connectivity index (χ1) is 8.24. The molecule has 0 radical (unpaired) electrons. The Morgan fingerprint density at radius 2 is 1.06 bits per heavy atom. The fraction of sp³-hybridized carbons (Fsp3) is 1.00. The maximum absolute atomic E-state index is 6.17. The van der Waals surface area contributed by atoms with Gasteiger partial charge in [0.05, 0.1) is 0 Å². The predicted octanol–water partition coefficient (Wildman–Crippen LogP) is 6.39. The second-order valence-electron chi connectivity index (χ2n) is 5.39. The molecule has 0 saturated heterocycles. The molecule has 0 heterocycles. The van der Waals surface area contributed by atoms with Crippen LogP contribution in [0.25, 0.3) is 0 Å². The van der Waals surface area contributed by atoms with Crippen LogP contribution in [0.5, 0.6) is 0 Å². The van der Waals surface area contributed by atoms with Crippen LogP contribution in [0.2, 0.25) is 0 Å². The Morgan fingerprint density at radius 1 is 0.647 bits per heavy atom. The highest BCUT2D eigenvalue weighted by atomic mass is 35.5. The second kappa shape index (κ2) is 11.7. The molecule has 0 aliphatic heterocycles. The lowest BCUT2D eigenvalue weighted by Crippen LogP contribution is -2.25. The molecule has 0 aromatic heterocycles. The lowest BCUT2D eigenvalue weighted by Gasteiger charge is -2.29. The van der Waals surface area contributed by atoms with Gasteiger partial charge in [0.15, 0.2) is 0 Å². The van der Waals surface area contributed by atoms with Crippen molar-refractivity contribution < 1.29 is 0 Å². The number of hydrogen-bond donors (Lipinski definition) is 0. The topological polar surface area (TPSA) is 0 Å². The largest absolute Gasteiger partial charge is 0.126 e. The summed E-state index contributed by atoms with van der Waals surface area (Å²) in [7, 11) is 0. The Bertz CT molecular complexity index is 139. The molecule has 0 spiro atoms. The van der Waals surface area contributed by atoms with Crippen LogP contribution in [-0.4, -0.2) is 11.8 Å². The quantitative estimate of drug-likeness (QED) is 0.287. The van der Waals surface area contributed by atoms with E-state index in [-0.39, 0.29) is 5.41 Å². The van der Waals surface area contributed by atoms with Gasteiger partial charge in [0.1, 0.15) is 0 Å². The molecule has 0 aliphatic rings.